The van der Waals surface area contributed by atoms with Crippen molar-refractivity contribution >= 4 is 5.91 Å². The molecule has 0 radical (unpaired) electrons. The molecule has 27 heavy (non-hydrogen) atoms. The lowest BCUT2D eigenvalue weighted by Crippen LogP contribution is -2.25. The Morgan fingerprint density at radius 3 is 2.11 bits per heavy atom. The lowest BCUT2D eigenvalue weighted by atomic mass is 10.1. The van der Waals surface area contributed by atoms with Crippen molar-refractivity contribution in [3.63, 3.8) is 0 Å². The number of unbranched alkanes of at least 4 members (excludes halogenated alkanes) is 7. The molecule has 0 unspecified atom stereocenters. The molecule has 0 atom stereocenters. The van der Waals surface area contributed by atoms with Gasteiger partial charge in [0, 0.05) is 19.6 Å². The van der Waals surface area contributed by atoms with Crippen molar-refractivity contribution in [1.29, 1.82) is 0 Å². The number of hydrogen-bond acceptors (Lipinski definition) is 4. The van der Waals surface area contributed by atoms with E-state index < -0.39 is 0 Å². The Hall–Kier alpha value is -1.75. The molecule has 0 heterocycles. The number of phenols is 2. The van der Waals surface area contributed by atoms with Gasteiger partial charge in [-0.2, -0.15) is 0 Å². The van der Waals surface area contributed by atoms with Gasteiger partial charge in [-0.15, -0.1) is 0 Å². The van der Waals surface area contributed by atoms with Crippen molar-refractivity contribution in [2.24, 2.45) is 0 Å². The van der Waals surface area contributed by atoms with Crippen LogP contribution < -0.4 is 5.32 Å². The second kappa shape index (κ2) is 17.7. The molecule has 4 N–H and O–H groups in total. The number of aliphatic hydroxyl groups is 1. The van der Waals surface area contributed by atoms with E-state index in [0.29, 0.717) is 26.0 Å². The summed E-state index contributed by atoms with van der Waals surface area (Å²) >= 11 is 0. The Kier molecular flexibility index (Phi) is 16.5. The van der Waals surface area contributed by atoms with E-state index in [1.165, 1.54) is 50.7 Å². The maximum atomic E-state index is 11.5. The number of carbonyl (C=O) groups is 1. The predicted octanol–water partition coefficient (Wildman–Crippen LogP) is 4.68. The summed E-state index contributed by atoms with van der Waals surface area (Å²) in [4.78, 5) is 11.5. The average molecular weight is 382 g/mol. The summed E-state index contributed by atoms with van der Waals surface area (Å²) in [6.45, 7) is 5.26. The van der Waals surface area contributed by atoms with Gasteiger partial charge in [0.15, 0.2) is 11.5 Å². The normalized spacial score (nSPS) is 10.2. The molecule has 1 amide bonds. The van der Waals surface area contributed by atoms with Crippen LogP contribution in [0.3, 0.4) is 0 Å². The molecule has 0 aliphatic rings. The molecular weight excluding hydrogens is 342 g/mol. The first-order valence-corrected chi connectivity index (χ1v) is 10.4. The molecule has 1 aromatic rings. The first kappa shape index (κ1) is 25.2. The van der Waals surface area contributed by atoms with Crippen molar-refractivity contribution in [3.05, 3.63) is 23.8 Å². The fraction of sp³-hybridized carbons (Fsp3) is 0.682. The highest BCUT2D eigenvalue weighted by molar-refractivity contribution is 5.75. The highest BCUT2D eigenvalue weighted by Gasteiger charge is 2.03. The van der Waals surface area contributed by atoms with E-state index in [9.17, 15) is 15.0 Å². The Labute approximate surface area is 164 Å². The van der Waals surface area contributed by atoms with Crippen LogP contribution in [-0.2, 0) is 11.2 Å². The molecule has 156 valence electrons. The van der Waals surface area contributed by atoms with Crippen molar-refractivity contribution in [2.75, 3.05) is 13.2 Å². The highest BCUT2D eigenvalue weighted by Crippen LogP contribution is 2.24. The summed E-state index contributed by atoms with van der Waals surface area (Å²) in [6.07, 6.45) is 11.7. The van der Waals surface area contributed by atoms with Gasteiger partial charge < -0.3 is 20.6 Å². The van der Waals surface area contributed by atoms with Gasteiger partial charge in [0.05, 0.1) is 0 Å². The largest absolute Gasteiger partial charge is 0.504 e. The fourth-order valence-electron chi connectivity index (χ4n) is 2.59. The molecule has 0 bridgehead atoms. The van der Waals surface area contributed by atoms with Crippen LogP contribution in [0.1, 0.15) is 83.6 Å². The van der Waals surface area contributed by atoms with Crippen molar-refractivity contribution in [3.8, 4) is 11.5 Å². The van der Waals surface area contributed by atoms with Crippen LogP contribution in [0.15, 0.2) is 18.2 Å². The fourth-order valence-corrected chi connectivity index (χ4v) is 2.59. The van der Waals surface area contributed by atoms with Crippen LogP contribution >= 0.6 is 0 Å². The second-order valence-electron chi connectivity index (χ2n) is 6.87. The number of nitrogens with one attached hydrogen (secondary N) is 1. The van der Waals surface area contributed by atoms with Gasteiger partial charge in [0.1, 0.15) is 0 Å². The average Bonchev–Trinajstić information content (AvgIpc) is 2.66. The Balaban J connectivity index is 0.000000713. The lowest BCUT2D eigenvalue weighted by Gasteiger charge is -2.06. The molecule has 0 aliphatic heterocycles. The minimum absolute atomic E-state index is 0.0825. The van der Waals surface area contributed by atoms with E-state index >= 15 is 0 Å². The highest BCUT2D eigenvalue weighted by atomic mass is 16.3. The van der Waals surface area contributed by atoms with Crippen LogP contribution in [0.2, 0.25) is 0 Å². The molecule has 1 aromatic carbocycles. The number of benzene rings is 1. The summed E-state index contributed by atoms with van der Waals surface area (Å²) in [5.41, 5.74) is 0.890. The zero-order valence-corrected chi connectivity index (χ0v) is 17.2. The predicted molar refractivity (Wildman–Crippen MR) is 111 cm³/mol. The van der Waals surface area contributed by atoms with Gasteiger partial charge >= 0.3 is 0 Å². The summed E-state index contributed by atoms with van der Waals surface area (Å²) in [6, 6.07) is 4.71. The van der Waals surface area contributed by atoms with Gasteiger partial charge in [-0.1, -0.05) is 64.9 Å². The van der Waals surface area contributed by atoms with E-state index in [1.54, 1.807) is 6.07 Å². The molecule has 0 spiro atoms. The third-order valence-corrected chi connectivity index (χ3v) is 4.29. The van der Waals surface area contributed by atoms with Crippen LogP contribution in [0.5, 0.6) is 11.5 Å². The van der Waals surface area contributed by atoms with Crippen molar-refractivity contribution in [1.82, 2.24) is 5.32 Å². The van der Waals surface area contributed by atoms with E-state index in [-0.39, 0.29) is 17.4 Å². The topological polar surface area (TPSA) is 89.8 Å². The third-order valence-electron chi connectivity index (χ3n) is 4.29. The van der Waals surface area contributed by atoms with Crippen molar-refractivity contribution in [2.45, 2.75) is 84.5 Å². The summed E-state index contributed by atoms with van der Waals surface area (Å²) in [7, 11) is 0. The molecule has 0 aliphatic carbocycles. The minimum Gasteiger partial charge on any atom is -0.504 e. The lowest BCUT2D eigenvalue weighted by molar-refractivity contribution is -0.121. The summed E-state index contributed by atoms with van der Waals surface area (Å²) in [5.74, 6) is -0.161. The monoisotopic (exact) mass is 381 g/mol. The molecule has 0 saturated heterocycles. The number of phenolic OH excluding ortho intramolecular Hbond substituents is 2. The second-order valence-corrected chi connectivity index (χ2v) is 6.87. The maximum Gasteiger partial charge on any atom is 0.220 e. The molecule has 5 nitrogen and oxygen atoms in total. The van der Waals surface area contributed by atoms with Gasteiger partial charge in [-0.3, -0.25) is 4.79 Å². The SMILES string of the molecule is CCCCCCC(=O)NCCc1ccc(O)c(O)c1.CCCCCCCO. The van der Waals surface area contributed by atoms with Gasteiger partial charge in [0.2, 0.25) is 5.91 Å². The number of aromatic hydroxyl groups is 2. The van der Waals surface area contributed by atoms with Gasteiger partial charge in [-0.25, -0.2) is 0 Å². The first-order valence-electron chi connectivity index (χ1n) is 10.4. The smallest absolute Gasteiger partial charge is 0.220 e. The summed E-state index contributed by atoms with van der Waals surface area (Å²) in [5, 5.41) is 29.7. The quantitative estimate of drug-likeness (QED) is 0.295. The van der Waals surface area contributed by atoms with Crippen molar-refractivity contribution < 1.29 is 20.1 Å². The minimum atomic E-state index is -0.122. The Morgan fingerprint density at radius 1 is 0.889 bits per heavy atom. The molecule has 0 saturated carbocycles. The van der Waals surface area contributed by atoms with Crippen LogP contribution in [0, 0.1) is 0 Å². The van der Waals surface area contributed by atoms with E-state index in [0.717, 1.165) is 24.8 Å². The van der Waals surface area contributed by atoms with E-state index in [1.807, 2.05) is 0 Å². The van der Waals surface area contributed by atoms with Crippen LogP contribution in [0.4, 0.5) is 0 Å². The standard InChI is InChI=1S/C15H23NO3.C7H16O/c1-2-3-4-5-6-15(19)16-10-9-12-7-8-13(17)14(18)11-12;1-2-3-4-5-6-7-8/h7-8,11,17-18H,2-6,9-10H2,1H3,(H,16,19);8H,2-7H2,1H3. The Bertz CT molecular complexity index is 485. The Morgan fingerprint density at radius 2 is 1.52 bits per heavy atom. The molecular formula is C22H39NO4. The number of hydrogen-bond donors (Lipinski definition) is 4. The summed E-state index contributed by atoms with van der Waals surface area (Å²) < 4.78 is 0. The molecule has 0 fully saturated rings. The van der Waals surface area contributed by atoms with E-state index in [2.05, 4.69) is 19.2 Å². The maximum absolute atomic E-state index is 11.5. The first-order chi connectivity index (χ1) is 13.0. The number of rotatable bonds is 13. The zero-order chi connectivity index (χ0) is 20.3. The number of carbonyl (C=O) groups excluding carboxylic acids is 1. The van der Waals surface area contributed by atoms with Gasteiger partial charge in [0.25, 0.3) is 0 Å². The molecule has 0 aromatic heterocycles. The van der Waals surface area contributed by atoms with Gasteiger partial charge in [-0.05, 0) is 37.0 Å². The molecule has 5 heteroatoms. The van der Waals surface area contributed by atoms with E-state index in [4.69, 9.17) is 5.11 Å². The third kappa shape index (κ3) is 15.0. The van der Waals surface area contributed by atoms with Crippen LogP contribution in [-0.4, -0.2) is 34.4 Å². The number of amides is 1. The molecule has 1 rings (SSSR count). The zero-order valence-electron chi connectivity index (χ0n) is 17.2. The number of aliphatic hydroxyl groups excluding tert-OH is 1. The van der Waals surface area contributed by atoms with Crippen LogP contribution in [0.25, 0.3) is 0 Å².